The quantitative estimate of drug-likeness (QED) is 0.866. The number of ether oxygens (including phenoxy) is 1. The Bertz CT molecular complexity index is 478. The molecule has 19 heavy (non-hydrogen) atoms. The van der Waals surface area contributed by atoms with Gasteiger partial charge < -0.3 is 15.2 Å². The van der Waals surface area contributed by atoms with Crippen LogP contribution in [0.2, 0.25) is 0 Å². The lowest BCUT2D eigenvalue weighted by Crippen LogP contribution is -2.40. The highest BCUT2D eigenvalue weighted by molar-refractivity contribution is 9.10. The molecule has 0 heterocycles. The van der Waals surface area contributed by atoms with Crippen molar-refractivity contribution in [3.8, 4) is 5.75 Å². The maximum Gasteiger partial charge on any atom is 0.325 e. The minimum Gasteiger partial charge on any atom is -0.483 e. The zero-order chi connectivity index (χ0) is 14.6. The van der Waals surface area contributed by atoms with E-state index in [2.05, 4.69) is 21.2 Å². The first kappa shape index (κ1) is 15.5. The van der Waals surface area contributed by atoms with E-state index in [0.29, 0.717) is 5.75 Å². The number of carboxylic acids is 1. The van der Waals surface area contributed by atoms with E-state index in [1.54, 1.807) is 0 Å². The molecule has 0 aromatic heterocycles. The van der Waals surface area contributed by atoms with Crippen LogP contribution in [-0.4, -0.2) is 29.6 Å². The van der Waals surface area contributed by atoms with Gasteiger partial charge in [0.1, 0.15) is 11.8 Å². The van der Waals surface area contributed by atoms with Crippen LogP contribution in [0, 0.1) is 13.8 Å². The average molecular weight is 330 g/mol. The molecular formula is C13H16BrNO4. The van der Waals surface area contributed by atoms with Gasteiger partial charge in [0.2, 0.25) is 0 Å². The number of halogens is 1. The Labute approximate surface area is 120 Å². The van der Waals surface area contributed by atoms with Crippen molar-refractivity contribution in [1.82, 2.24) is 5.32 Å². The predicted molar refractivity (Wildman–Crippen MR) is 74.4 cm³/mol. The Morgan fingerprint density at radius 2 is 1.89 bits per heavy atom. The van der Waals surface area contributed by atoms with Gasteiger partial charge in [0.15, 0.2) is 6.61 Å². The molecule has 1 atom stereocenters. The molecule has 2 N–H and O–H groups in total. The van der Waals surface area contributed by atoms with Crippen LogP contribution in [0.1, 0.15) is 18.1 Å². The molecule has 104 valence electrons. The van der Waals surface area contributed by atoms with Crippen LogP contribution < -0.4 is 10.1 Å². The summed E-state index contributed by atoms with van der Waals surface area (Å²) in [6.07, 6.45) is 0. The highest BCUT2D eigenvalue weighted by atomic mass is 79.9. The fourth-order valence-corrected chi connectivity index (χ4v) is 2.29. The third-order valence-electron chi connectivity index (χ3n) is 2.52. The van der Waals surface area contributed by atoms with E-state index < -0.39 is 17.9 Å². The average Bonchev–Trinajstić information content (AvgIpc) is 2.27. The number of nitrogens with one attached hydrogen (secondary N) is 1. The Morgan fingerprint density at radius 3 is 2.37 bits per heavy atom. The summed E-state index contributed by atoms with van der Waals surface area (Å²) in [7, 11) is 0. The van der Waals surface area contributed by atoms with Gasteiger partial charge in [-0.15, -0.1) is 0 Å². The van der Waals surface area contributed by atoms with Crippen LogP contribution >= 0.6 is 15.9 Å². The smallest absolute Gasteiger partial charge is 0.325 e. The summed E-state index contributed by atoms with van der Waals surface area (Å²) in [6.45, 7) is 4.95. The van der Waals surface area contributed by atoms with Crippen LogP contribution in [0.15, 0.2) is 16.6 Å². The summed E-state index contributed by atoms with van der Waals surface area (Å²) in [6, 6.07) is 2.85. The third-order valence-corrected chi connectivity index (χ3v) is 2.98. The van der Waals surface area contributed by atoms with E-state index in [1.165, 1.54) is 6.92 Å². The first-order valence-electron chi connectivity index (χ1n) is 5.73. The van der Waals surface area contributed by atoms with Crippen molar-refractivity contribution in [2.24, 2.45) is 0 Å². The highest BCUT2D eigenvalue weighted by Crippen LogP contribution is 2.27. The van der Waals surface area contributed by atoms with Crippen LogP contribution in [0.4, 0.5) is 0 Å². The monoisotopic (exact) mass is 329 g/mol. The summed E-state index contributed by atoms with van der Waals surface area (Å²) in [5.41, 5.74) is 1.82. The summed E-state index contributed by atoms with van der Waals surface area (Å²) in [4.78, 5) is 22.1. The molecule has 0 bridgehead atoms. The number of aryl methyl sites for hydroxylation is 2. The number of aliphatic carboxylic acids is 1. The zero-order valence-electron chi connectivity index (χ0n) is 11.0. The van der Waals surface area contributed by atoms with Gasteiger partial charge in [-0.05, 0) is 44.0 Å². The van der Waals surface area contributed by atoms with Gasteiger partial charge in [0, 0.05) is 4.47 Å². The Hall–Kier alpha value is -1.56. The molecule has 0 radical (unpaired) electrons. The standard InChI is InChI=1S/C13H16BrNO4/c1-7-4-10(14)5-8(2)12(7)19-6-11(16)15-9(3)13(17)18/h4-5,9H,6H2,1-3H3,(H,15,16)(H,17,18)/t9-/m1/s1. The Morgan fingerprint density at radius 1 is 1.37 bits per heavy atom. The van der Waals surface area contributed by atoms with Crippen LogP contribution in [-0.2, 0) is 9.59 Å². The molecule has 0 saturated carbocycles. The molecule has 0 fully saturated rings. The van der Waals surface area contributed by atoms with Gasteiger partial charge in [0.05, 0.1) is 0 Å². The molecule has 6 heteroatoms. The van der Waals surface area contributed by atoms with Crippen LogP contribution in [0.25, 0.3) is 0 Å². The van der Waals surface area contributed by atoms with Gasteiger partial charge in [0.25, 0.3) is 5.91 Å². The molecular weight excluding hydrogens is 314 g/mol. The van der Waals surface area contributed by atoms with E-state index in [0.717, 1.165) is 15.6 Å². The lowest BCUT2D eigenvalue weighted by Gasteiger charge is -2.14. The van der Waals surface area contributed by atoms with Crippen molar-refractivity contribution in [2.75, 3.05) is 6.61 Å². The van der Waals surface area contributed by atoms with Crippen molar-refractivity contribution in [3.05, 3.63) is 27.7 Å². The molecule has 1 rings (SSSR count). The number of amides is 1. The van der Waals surface area contributed by atoms with Gasteiger partial charge >= 0.3 is 5.97 Å². The van der Waals surface area contributed by atoms with Crippen molar-refractivity contribution >= 4 is 27.8 Å². The second-order valence-electron chi connectivity index (χ2n) is 4.28. The number of hydrogen-bond donors (Lipinski definition) is 2. The molecule has 5 nitrogen and oxygen atoms in total. The molecule has 1 aromatic carbocycles. The van der Waals surface area contributed by atoms with Crippen molar-refractivity contribution in [1.29, 1.82) is 0 Å². The Balaban J connectivity index is 2.63. The van der Waals surface area contributed by atoms with Crippen LogP contribution in [0.5, 0.6) is 5.75 Å². The maximum absolute atomic E-state index is 11.5. The largest absolute Gasteiger partial charge is 0.483 e. The first-order chi connectivity index (χ1) is 8.81. The molecule has 0 aliphatic heterocycles. The molecule has 0 spiro atoms. The Kier molecular flexibility index (Phi) is 5.35. The molecule has 1 aromatic rings. The van der Waals surface area contributed by atoms with E-state index in [9.17, 15) is 9.59 Å². The molecule has 0 unspecified atom stereocenters. The summed E-state index contributed by atoms with van der Waals surface area (Å²) in [5, 5.41) is 11.0. The van der Waals surface area contributed by atoms with E-state index in [4.69, 9.17) is 9.84 Å². The molecule has 0 aliphatic carbocycles. The van der Waals surface area contributed by atoms with Crippen molar-refractivity contribution < 1.29 is 19.4 Å². The number of benzene rings is 1. The number of carbonyl (C=O) groups is 2. The van der Waals surface area contributed by atoms with Gasteiger partial charge in [-0.1, -0.05) is 15.9 Å². The molecule has 1 amide bonds. The van der Waals surface area contributed by atoms with E-state index in [1.807, 2.05) is 26.0 Å². The lowest BCUT2D eigenvalue weighted by atomic mass is 10.1. The molecule has 0 aliphatic rings. The summed E-state index contributed by atoms with van der Waals surface area (Å²) in [5.74, 6) is -0.901. The van der Waals surface area contributed by atoms with Crippen molar-refractivity contribution in [3.63, 3.8) is 0 Å². The molecule has 0 saturated heterocycles. The fraction of sp³-hybridized carbons (Fsp3) is 0.385. The summed E-state index contributed by atoms with van der Waals surface area (Å²) >= 11 is 3.38. The number of hydrogen-bond acceptors (Lipinski definition) is 3. The topological polar surface area (TPSA) is 75.6 Å². The summed E-state index contributed by atoms with van der Waals surface area (Å²) < 4.78 is 6.38. The minimum atomic E-state index is -1.08. The normalized spacial score (nSPS) is 11.8. The minimum absolute atomic E-state index is 0.207. The zero-order valence-corrected chi connectivity index (χ0v) is 12.6. The second-order valence-corrected chi connectivity index (χ2v) is 5.20. The van der Waals surface area contributed by atoms with Crippen LogP contribution in [0.3, 0.4) is 0 Å². The first-order valence-corrected chi connectivity index (χ1v) is 6.52. The SMILES string of the molecule is Cc1cc(Br)cc(C)c1OCC(=O)N[C@H](C)C(=O)O. The maximum atomic E-state index is 11.5. The van der Waals surface area contributed by atoms with E-state index >= 15 is 0 Å². The second kappa shape index (κ2) is 6.56. The predicted octanol–water partition coefficient (Wildman–Crippen LogP) is 2.03. The van der Waals surface area contributed by atoms with Gasteiger partial charge in [-0.2, -0.15) is 0 Å². The van der Waals surface area contributed by atoms with Crippen molar-refractivity contribution in [2.45, 2.75) is 26.8 Å². The van der Waals surface area contributed by atoms with E-state index in [-0.39, 0.29) is 6.61 Å². The highest BCUT2D eigenvalue weighted by Gasteiger charge is 2.15. The van der Waals surface area contributed by atoms with Gasteiger partial charge in [-0.25, -0.2) is 0 Å². The number of carboxylic acid groups (broad SMARTS) is 1. The number of carbonyl (C=O) groups excluding carboxylic acids is 1. The third kappa shape index (κ3) is 4.55. The fourth-order valence-electron chi connectivity index (χ4n) is 1.61. The lowest BCUT2D eigenvalue weighted by molar-refractivity contribution is -0.141. The van der Waals surface area contributed by atoms with Gasteiger partial charge in [-0.3, -0.25) is 9.59 Å². The number of rotatable bonds is 5.